The Hall–Kier alpha value is -1.02. The van der Waals surface area contributed by atoms with E-state index in [0.717, 1.165) is 38.2 Å². The Kier molecular flexibility index (Phi) is 4.51. The van der Waals surface area contributed by atoms with Crippen LogP contribution in [0.5, 0.6) is 0 Å². The van der Waals surface area contributed by atoms with Crippen molar-refractivity contribution < 1.29 is 9.53 Å². The van der Waals surface area contributed by atoms with Gasteiger partial charge in [0.25, 0.3) is 5.91 Å². The van der Waals surface area contributed by atoms with Crippen LogP contribution in [0.1, 0.15) is 35.3 Å². The molecule has 1 amide bonds. The summed E-state index contributed by atoms with van der Waals surface area (Å²) < 4.78 is 5.57. The Morgan fingerprint density at radius 3 is 3.21 bits per heavy atom. The molecule has 1 atom stereocenters. The maximum Gasteiger partial charge on any atom is 0.294 e. The summed E-state index contributed by atoms with van der Waals surface area (Å²) in [5.74, 6) is 4.75. The lowest BCUT2D eigenvalue weighted by Crippen LogP contribution is -2.46. The molecule has 19 heavy (non-hydrogen) atoms. The van der Waals surface area contributed by atoms with E-state index in [1.807, 2.05) is 5.38 Å². The molecule has 2 heterocycles. The number of nitrogen functional groups attached to an aromatic ring is 1. The number of methoxy groups -OCH3 is 1. The molecule has 0 bridgehead atoms. The molecular formula is C12H20N4O2S. The number of hydrogen-bond donors (Lipinski definition) is 2. The number of nitrogens with zero attached hydrogens (tertiary/aromatic N) is 2. The molecule has 1 saturated heterocycles. The topological polar surface area (TPSA) is 80.5 Å². The average molecular weight is 284 g/mol. The van der Waals surface area contributed by atoms with Crippen molar-refractivity contribution in [3.05, 3.63) is 16.1 Å². The van der Waals surface area contributed by atoms with Gasteiger partial charge in [0.05, 0.1) is 11.3 Å². The van der Waals surface area contributed by atoms with E-state index in [1.165, 1.54) is 11.3 Å². The summed E-state index contributed by atoms with van der Waals surface area (Å²) in [5, 5.41) is 2.31. The smallest absolute Gasteiger partial charge is 0.294 e. The predicted octanol–water partition coefficient (Wildman–Crippen LogP) is 0.748. The van der Waals surface area contributed by atoms with Crippen molar-refractivity contribution in [3.63, 3.8) is 0 Å². The number of aromatic nitrogens is 1. The molecule has 0 radical (unpaired) electrons. The van der Waals surface area contributed by atoms with Crippen molar-refractivity contribution in [2.75, 3.05) is 20.2 Å². The van der Waals surface area contributed by atoms with Gasteiger partial charge >= 0.3 is 0 Å². The van der Waals surface area contributed by atoms with E-state index in [9.17, 15) is 4.79 Å². The van der Waals surface area contributed by atoms with Crippen LogP contribution in [0.25, 0.3) is 0 Å². The highest BCUT2D eigenvalue weighted by molar-refractivity contribution is 7.11. The van der Waals surface area contributed by atoms with Gasteiger partial charge in [-0.25, -0.2) is 10.8 Å². The average Bonchev–Trinajstić information content (AvgIpc) is 2.86. The van der Waals surface area contributed by atoms with Gasteiger partial charge in [-0.3, -0.25) is 15.1 Å². The molecule has 0 aromatic carbocycles. The first-order valence-corrected chi connectivity index (χ1v) is 7.17. The van der Waals surface area contributed by atoms with Crippen LogP contribution in [0.4, 0.5) is 0 Å². The molecule has 0 spiro atoms. The third kappa shape index (κ3) is 3.50. The van der Waals surface area contributed by atoms with Crippen molar-refractivity contribution in [1.29, 1.82) is 0 Å². The lowest BCUT2D eigenvalue weighted by molar-refractivity contribution is -0.0529. The number of carbonyl (C=O) groups excluding carboxylic acids is 1. The highest BCUT2D eigenvalue weighted by Gasteiger charge is 2.30. The first kappa shape index (κ1) is 14.4. The first-order chi connectivity index (χ1) is 9.06. The van der Waals surface area contributed by atoms with E-state index < -0.39 is 0 Å². The minimum Gasteiger partial charge on any atom is -0.377 e. The number of piperidine rings is 1. The van der Waals surface area contributed by atoms with Crippen molar-refractivity contribution in [2.24, 2.45) is 5.84 Å². The molecule has 1 unspecified atom stereocenters. The summed E-state index contributed by atoms with van der Waals surface area (Å²) in [4.78, 5) is 18.0. The number of hydrogen-bond acceptors (Lipinski definition) is 6. The number of nitrogens with one attached hydrogen (secondary N) is 1. The van der Waals surface area contributed by atoms with Gasteiger partial charge in [-0.2, -0.15) is 0 Å². The lowest BCUT2D eigenvalue weighted by atomic mass is 9.95. The fraction of sp³-hybridized carbons (Fsp3) is 0.667. The van der Waals surface area contributed by atoms with Crippen LogP contribution in [0.3, 0.4) is 0 Å². The number of hydrazine groups is 1. The van der Waals surface area contributed by atoms with Crippen molar-refractivity contribution in [1.82, 2.24) is 15.3 Å². The summed E-state index contributed by atoms with van der Waals surface area (Å²) in [6.45, 7) is 4.80. The highest BCUT2D eigenvalue weighted by atomic mass is 32.1. The van der Waals surface area contributed by atoms with Crippen LogP contribution in [-0.4, -0.2) is 41.6 Å². The van der Waals surface area contributed by atoms with E-state index in [4.69, 9.17) is 10.6 Å². The third-order valence-electron chi connectivity index (χ3n) is 3.49. The minimum atomic E-state index is -0.336. The normalized spacial score (nSPS) is 24.4. The Labute approximate surface area is 116 Å². The van der Waals surface area contributed by atoms with E-state index in [1.54, 1.807) is 7.11 Å². The molecule has 6 nitrogen and oxygen atoms in total. The van der Waals surface area contributed by atoms with Gasteiger partial charge in [0, 0.05) is 25.6 Å². The van der Waals surface area contributed by atoms with E-state index in [0.29, 0.717) is 5.01 Å². The number of ether oxygens (including phenoxy) is 1. The zero-order valence-corrected chi connectivity index (χ0v) is 12.1. The quantitative estimate of drug-likeness (QED) is 0.484. The summed E-state index contributed by atoms with van der Waals surface area (Å²) in [7, 11) is 1.76. The fourth-order valence-electron chi connectivity index (χ4n) is 2.38. The monoisotopic (exact) mass is 284 g/mol. The predicted molar refractivity (Wildman–Crippen MR) is 73.7 cm³/mol. The van der Waals surface area contributed by atoms with Gasteiger partial charge < -0.3 is 4.74 Å². The summed E-state index contributed by atoms with van der Waals surface area (Å²) in [5.41, 5.74) is 2.92. The molecule has 0 saturated carbocycles. The second kappa shape index (κ2) is 5.96. The van der Waals surface area contributed by atoms with Gasteiger partial charge in [-0.15, -0.1) is 11.3 Å². The third-order valence-corrected chi connectivity index (χ3v) is 4.38. The summed E-state index contributed by atoms with van der Waals surface area (Å²) in [6.07, 6.45) is 2.20. The molecule has 1 fully saturated rings. The van der Waals surface area contributed by atoms with Gasteiger partial charge in [0.1, 0.15) is 0 Å². The van der Waals surface area contributed by atoms with Gasteiger partial charge in [-0.05, 0) is 26.3 Å². The van der Waals surface area contributed by atoms with Crippen LogP contribution < -0.4 is 11.3 Å². The Balaban J connectivity index is 1.97. The molecule has 1 aliphatic rings. The van der Waals surface area contributed by atoms with Crippen LogP contribution in [-0.2, 0) is 11.3 Å². The molecule has 7 heteroatoms. The fourth-order valence-corrected chi connectivity index (χ4v) is 3.09. The van der Waals surface area contributed by atoms with Gasteiger partial charge in [0.2, 0.25) is 0 Å². The van der Waals surface area contributed by atoms with E-state index >= 15 is 0 Å². The summed E-state index contributed by atoms with van der Waals surface area (Å²) >= 11 is 1.32. The zero-order chi connectivity index (χ0) is 13.9. The molecule has 0 aliphatic carbocycles. The largest absolute Gasteiger partial charge is 0.377 e. The van der Waals surface area contributed by atoms with Crippen LogP contribution in [0.15, 0.2) is 5.38 Å². The summed E-state index contributed by atoms with van der Waals surface area (Å²) in [6, 6.07) is 0. The second-order valence-electron chi connectivity index (χ2n) is 5.09. The van der Waals surface area contributed by atoms with Crippen LogP contribution in [0, 0.1) is 0 Å². The molecule has 1 aliphatic heterocycles. The SMILES string of the molecule is COC1(C)CCCN(Cc2csc(C(=O)NN)n2)C1. The Bertz CT molecular complexity index is 451. The number of rotatable bonds is 4. The zero-order valence-electron chi connectivity index (χ0n) is 11.3. The number of carbonyl (C=O) groups is 1. The second-order valence-corrected chi connectivity index (χ2v) is 5.94. The number of thiazole rings is 1. The Morgan fingerprint density at radius 2 is 2.53 bits per heavy atom. The maximum atomic E-state index is 11.3. The van der Waals surface area contributed by atoms with Crippen LogP contribution in [0.2, 0.25) is 0 Å². The van der Waals surface area contributed by atoms with Crippen molar-refractivity contribution in [2.45, 2.75) is 31.9 Å². The van der Waals surface area contributed by atoms with E-state index in [2.05, 4.69) is 22.2 Å². The van der Waals surface area contributed by atoms with Gasteiger partial charge in [-0.1, -0.05) is 0 Å². The van der Waals surface area contributed by atoms with Crippen LogP contribution >= 0.6 is 11.3 Å². The number of amides is 1. The molecule has 2 rings (SSSR count). The molecular weight excluding hydrogens is 264 g/mol. The highest BCUT2D eigenvalue weighted by Crippen LogP contribution is 2.25. The van der Waals surface area contributed by atoms with E-state index in [-0.39, 0.29) is 11.5 Å². The van der Waals surface area contributed by atoms with Crippen molar-refractivity contribution >= 4 is 17.2 Å². The van der Waals surface area contributed by atoms with Gasteiger partial charge in [0.15, 0.2) is 5.01 Å². The number of nitrogens with two attached hydrogens (primary N) is 1. The lowest BCUT2D eigenvalue weighted by Gasteiger charge is -2.39. The molecule has 1 aromatic heterocycles. The standard InChI is InChI=1S/C12H20N4O2S/c1-12(18-2)4-3-5-16(8-12)6-9-7-19-11(14-9)10(17)15-13/h7H,3-6,8,13H2,1-2H3,(H,15,17). The molecule has 1 aromatic rings. The van der Waals surface area contributed by atoms with Crippen molar-refractivity contribution in [3.8, 4) is 0 Å². The minimum absolute atomic E-state index is 0.0776. The maximum absolute atomic E-state index is 11.3. The molecule has 106 valence electrons. The number of likely N-dealkylation sites (tertiary alicyclic amines) is 1. The first-order valence-electron chi connectivity index (χ1n) is 6.29. The Morgan fingerprint density at radius 1 is 1.74 bits per heavy atom. The molecule has 3 N–H and O–H groups in total.